The maximum Gasteiger partial charge on any atom is 0.191 e. The summed E-state index contributed by atoms with van der Waals surface area (Å²) in [5.74, 6) is 0.837. The molecule has 1 aliphatic rings. The van der Waals surface area contributed by atoms with Gasteiger partial charge in [-0.3, -0.25) is 4.90 Å². The Labute approximate surface area is 167 Å². The molecule has 7 heteroatoms. The van der Waals surface area contributed by atoms with Gasteiger partial charge >= 0.3 is 0 Å². The molecule has 1 saturated heterocycles. The number of benzene rings is 1. The number of rotatable bonds is 7. The van der Waals surface area contributed by atoms with Gasteiger partial charge in [0.15, 0.2) is 5.96 Å². The van der Waals surface area contributed by atoms with Gasteiger partial charge in [-0.05, 0) is 32.4 Å². The van der Waals surface area contributed by atoms with Crippen molar-refractivity contribution in [3.8, 4) is 5.69 Å². The lowest BCUT2D eigenvalue weighted by Gasteiger charge is -2.41. The van der Waals surface area contributed by atoms with Crippen LogP contribution in [0.15, 0.2) is 48.0 Å². The van der Waals surface area contributed by atoms with E-state index in [1.165, 1.54) is 0 Å². The predicted octanol–water partition coefficient (Wildman–Crippen LogP) is 2.04. The number of ether oxygens (including phenoxy) is 1. The molecule has 0 unspecified atom stereocenters. The van der Waals surface area contributed by atoms with E-state index in [9.17, 15) is 0 Å². The quantitative estimate of drug-likeness (QED) is 0.565. The van der Waals surface area contributed by atoms with E-state index >= 15 is 0 Å². The minimum Gasteiger partial charge on any atom is -0.379 e. The SMILES string of the molecule is CCNC(=NCc1ccccc1-n1ccnc1)NCC(C)(C)N1CCOCC1. The van der Waals surface area contributed by atoms with E-state index in [1.54, 1.807) is 6.20 Å². The van der Waals surface area contributed by atoms with E-state index in [4.69, 9.17) is 9.73 Å². The molecule has 2 aromatic rings. The van der Waals surface area contributed by atoms with E-state index in [0.29, 0.717) is 6.54 Å². The van der Waals surface area contributed by atoms with Crippen LogP contribution >= 0.6 is 0 Å². The molecule has 2 heterocycles. The highest BCUT2D eigenvalue weighted by Crippen LogP contribution is 2.16. The van der Waals surface area contributed by atoms with Gasteiger partial charge in [-0.1, -0.05) is 18.2 Å². The second-order valence-corrected chi connectivity index (χ2v) is 7.56. The van der Waals surface area contributed by atoms with Crippen LogP contribution in [0.2, 0.25) is 0 Å². The average Bonchev–Trinajstić information content (AvgIpc) is 3.26. The number of guanidine groups is 1. The standard InChI is InChI=1S/C21H32N6O/c1-4-23-20(25-16-21(2,3)27-11-13-28-14-12-27)24-15-18-7-5-6-8-19(18)26-10-9-22-17-26/h5-10,17H,4,11-16H2,1-3H3,(H2,23,24,25). The summed E-state index contributed by atoms with van der Waals surface area (Å²) >= 11 is 0. The molecule has 0 radical (unpaired) electrons. The molecular formula is C21H32N6O. The minimum absolute atomic E-state index is 0.0364. The van der Waals surface area contributed by atoms with Gasteiger partial charge in [0.2, 0.25) is 0 Å². The first-order chi connectivity index (χ1) is 13.6. The normalized spacial score (nSPS) is 16.2. The third-order valence-electron chi connectivity index (χ3n) is 5.08. The largest absolute Gasteiger partial charge is 0.379 e. The lowest BCUT2D eigenvalue weighted by atomic mass is 10.0. The fourth-order valence-electron chi connectivity index (χ4n) is 3.38. The van der Waals surface area contributed by atoms with Crippen molar-refractivity contribution in [2.24, 2.45) is 4.99 Å². The molecule has 1 aliphatic heterocycles. The lowest BCUT2D eigenvalue weighted by Crippen LogP contribution is -2.56. The summed E-state index contributed by atoms with van der Waals surface area (Å²) in [6.07, 6.45) is 5.56. The van der Waals surface area contributed by atoms with E-state index in [1.807, 2.05) is 29.2 Å². The van der Waals surface area contributed by atoms with Gasteiger partial charge < -0.3 is 19.9 Å². The molecule has 2 N–H and O–H groups in total. The van der Waals surface area contributed by atoms with Gasteiger partial charge in [-0.2, -0.15) is 0 Å². The first kappa shape index (κ1) is 20.4. The Morgan fingerprint density at radius 1 is 1.21 bits per heavy atom. The molecule has 3 rings (SSSR count). The summed E-state index contributed by atoms with van der Waals surface area (Å²) in [6, 6.07) is 8.29. The maximum absolute atomic E-state index is 5.48. The Morgan fingerprint density at radius 2 is 2.00 bits per heavy atom. The van der Waals surface area contributed by atoms with Crippen molar-refractivity contribution in [1.29, 1.82) is 0 Å². The molecule has 28 heavy (non-hydrogen) atoms. The summed E-state index contributed by atoms with van der Waals surface area (Å²) < 4.78 is 7.50. The Bertz CT molecular complexity index is 750. The zero-order chi connectivity index (χ0) is 19.8. The highest BCUT2D eigenvalue weighted by Gasteiger charge is 2.28. The van der Waals surface area contributed by atoms with E-state index in [2.05, 4.69) is 53.4 Å². The predicted molar refractivity (Wildman–Crippen MR) is 113 cm³/mol. The maximum atomic E-state index is 5.48. The summed E-state index contributed by atoms with van der Waals surface area (Å²) in [7, 11) is 0. The van der Waals surface area contributed by atoms with Crippen molar-refractivity contribution in [1.82, 2.24) is 25.1 Å². The first-order valence-electron chi connectivity index (χ1n) is 10.0. The van der Waals surface area contributed by atoms with Gasteiger partial charge in [-0.15, -0.1) is 0 Å². The number of hydrogen-bond acceptors (Lipinski definition) is 4. The summed E-state index contributed by atoms with van der Waals surface area (Å²) in [5.41, 5.74) is 2.30. The van der Waals surface area contributed by atoms with Crippen molar-refractivity contribution in [3.05, 3.63) is 48.5 Å². The van der Waals surface area contributed by atoms with Gasteiger partial charge in [0.1, 0.15) is 0 Å². The molecule has 7 nitrogen and oxygen atoms in total. The highest BCUT2D eigenvalue weighted by molar-refractivity contribution is 5.79. The first-order valence-corrected chi connectivity index (χ1v) is 10.0. The average molecular weight is 385 g/mol. The molecule has 1 fully saturated rings. The topological polar surface area (TPSA) is 66.7 Å². The van der Waals surface area contributed by atoms with Crippen LogP contribution in [0.4, 0.5) is 0 Å². The van der Waals surface area contributed by atoms with E-state index in [0.717, 1.165) is 56.6 Å². The second kappa shape index (κ2) is 9.71. The number of aliphatic imine (C=N–C) groups is 1. The number of morpholine rings is 1. The molecule has 1 aromatic carbocycles. The summed E-state index contributed by atoms with van der Waals surface area (Å²) in [4.78, 5) is 11.4. The number of hydrogen-bond donors (Lipinski definition) is 2. The van der Waals surface area contributed by atoms with Crippen LogP contribution in [0.3, 0.4) is 0 Å². The third kappa shape index (κ3) is 5.33. The monoisotopic (exact) mass is 384 g/mol. The summed E-state index contributed by atoms with van der Waals surface area (Å²) in [5, 5.41) is 6.88. The van der Waals surface area contributed by atoms with E-state index < -0.39 is 0 Å². The Kier molecular flexibility index (Phi) is 7.06. The van der Waals surface area contributed by atoms with Gasteiger partial charge in [0.05, 0.1) is 31.8 Å². The molecule has 1 aromatic heterocycles. The van der Waals surface area contributed by atoms with E-state index in [-0.39, 0.29) is 5.54 Å². The van der Waals surface area contributed by atoms with Crippen molar-refractivity contribution < 1.29 is 4.74 Å². The molecule has 0 spiro atoms. The number of aromatic nitrogens is 2. The fraction of sp³-hybridized carbons (Fsp3) is 0.524. The van der Waals surface area contributed by atoms with Crippen LogP contribution < -0.4 is 10.6 Å². The number of nitrogens with zero attached hydrogens (tertiary/aromatic N) is 4. The second-order valence-electron chi connectivity index (χ2n) is 7.56. The zero-order valence-electron chi connectivity index (χ0n) is 17.2. The van der Waals surface area contributed by atoms with Crippen molar-refractivity contribution in [2.45, 2.75) is 32.9 Å². The van der Waals surface area contributed by atoms with Crippen LogP contribution in [-0.4, -0.2) is 65.3 Å². The Hall–Kier alpha value is -2.38. The Balaban J connectivity index is 1.66. The number of nitrogens with one attached hydrogen (secondary N) is 2. The number of imidazole rings is 1. The highest BCUT2D eigenvalue weighted by atomic mass is 16.5. The van der Waals surface area contributed by atoms with Gasteiger partial charge in [0.25, 0.3) is 0 Å². The smallest absolute Gasteiger partial charge is 0.191 e. The van der Waals surface area contributed by atoms with Crippen LogP contribution in [0.25, 0.3) is 5.69 Å². The zero-order valence-corrected chi connectivity index (χ0v) is 17.2. The van der Waals surface area contributed by atoms with Crippen molar-refractivity contribution in [3.63, 3.8) is 0 Å². The lowest BCUT2D eigenvalue weighted by molar-refractivity contribution is -0.00834. The van der Waals surface area contributed by atoms with Gasteiger partial charge in [-0.25, -0.2) is 9.98 Å². The minimum atomic E-state index is 0.0364. The number of para-hydroxylation sites is 1. The molecule has 0 atom stereocenters. The van der Waals surface area contributed by atoms with Gasteiger partial charge in [0, 0.05) is 44.1 Å². The molecule has 0 aliphatic carbocycles. The fourth-order valence-corrected chi connectivity index (χ4v) is 3.38. The van der Waals surface area contributed by atoms with Crippen molar-refractivity contribution in [2.75, 3.05) is 39.4 Å². The van der Waals surface area contributed by atoms with Crippen LogP contribution in [-0.2, 0) is 11.3 Å². The summed E-state index contributed by atoms with van der Waals surface area (Å²) in [6.45, 7) is 12.4. The molecule has 152 valence electrons. The van der Waals surface area contributed by atoms with Crippen molar-refractivity contribution >= 4 is 5.96 Å². The molecule has 0 amide bonds. The van der Waals surface area contributed by atoms with Crippen LogP contribution in [0, 0.1) is 0 Å². The van der Waals surface area contributed by atoms with Crippen LogP contribution in [0.5, 0.6) is 0 Å². The molecule has 0 saturated carbocycles. The molecule has 0 bridgehead atoms. The third-order valence-corrected chi connectivity index (χ3v) is 5.08. The van der Waals surface area contributed by atoms with Crippen LogP contribution in [0.1, 0.15) is 26.3 Å². The Morgan fingerprint density at radius 3 is 2.71 bits per heavy atom. The molecular weight excluding hydrogens is 352 g/mol.